The van der Waals surface area contributed by atoms with Crippen molar-refractivity contribution < 1.29 is 13.9 Å². The quantitative estimate of drug-likeness (QED) is 0.501. The van der Waals surface area contributed by atoms with Gasteiger partial charge in [0.1, 0.15) is 29.1 Å². The molecule has 2 saturated carbocycles. The Morgan fingerprint density at radius 1 is 1.30 bits per heavy atom. The van der Waals surface area contributed by atoms with Crippen LogP contribution in [0.3, 0.4) is 0 Å². The Hall–Kier alpha value is -3.47. The number of aromatic nitrogens is 4. The Morgan fingerprint density at radius 2 is 2.12 bits per heavy atom. The smallest absolute Gasteiger partial charge is 0.274 e. The van der Waals surface area contributed by atoms with Crippen molar-refractivity contribution in [2.45, 2.75) is 50.0 Å². The van der Waals surface area contributed by atoms with Crippen LogP contribution in [0.15, 0.2) is 35.4 Å². The molecular weight excluding hydrogens is 429 g/mol. The first-order valence-electron chi connectivity index (χ1n) is 11.0. The van der Waals surface area contributed by atoms with Gasteiger partial charge in [-0.05, 0) is 37.8 Å². The molecule has 2 fully saturated rings. The van der Waals surface area contributed by atoms with Gasteiger partial charge >= 0.3 is 0 Å². The van der Waals surface area contributed by atoms with Crippen molar-refractivity contribution in [3.63, 3.8) is 0 Å². The molecule has 0 spiro atoms. The third-order valence-electron chi connectivity index (χ3n) is 6.51. The van der Waals surface area contributed by atoms with Crippen molar-refractivity contribution >= 4 is 28.9 Å². The summed E-state index contributed by atoms with van der Waals surface area (Å²) in [6.45, 7) is 0. The van der Waals surface area contributed by atoms with E-state index in [-0.39, 0.29) is 23.3 Å². The van der Waals surface area contributed by atoms with Crippen LogP contribution in [0.1, 0.15) is 42.1 Å². The largest absolute Gasteiger partial charge is 0.381 e. The Bertz CT molecular complexity index is 1250. The van der Waals surface area contributed by atoms with Crippen LogP contribution in [0.2, 0.25) is 0 Å². The topological polar surface area (TPSA) is 115 Å². The molecule has 1 amide bonds. The van der Waals surface area contributed by atoms with Gasteiger partial charge in [-0.2, -0.15) is 9.61 Å². The molecule has 0 saturated heterocycles. The third-order valence-corrected chi connectivity index (χ3v) is 6.51. The van der Waals surface area contributed by atoms with E-state index >= 15 is 0 Å². The Balaban J connectivity index is 1.44. The first kappa shape index (κ1) is 21.4. The van der Waals surface area contributed by atoms with Crippen LogP contribution >= 0.6 is 0 Å². The minimum Gasteiger partial charge on any atom is -0.381 e. The first-order chi connectivity index (χ1) is 16.0. The molecule has 0 bridgehead atoms. The Morgan fingerprint density at radius 3 is 2.79 bits per heavy atom. The summed E-state index contributed by atoms with van der Waals surface area (Å²) in [5, 5.41) is 13.1. The van der Waals surface area contributed by atoms with Crippen LogP contribution in [0.5, 0.6) is 0 Å². The second-order valence-corrected chi connectivity index (χ2v) is 8.49. The number of carbonyl (C=O) groups excluding carboxylic acids is 1. The van der Waals surface area contributed by atoms with E-state index in [2.05, 4.69) is 26.0 Å². The third kappa shape index (κ3) is 3.82. The number of hydrogen-bond donors (Lipinski definition) is 3. The van der Waals surface area contributed by atoms with Crippen LogP contribution in [0, 0.1) is 0 Å². The lowest BCUT2D eigenvalue weighted by Gasteiger charge is -2.35. The maximum absolute atomic E-state index is 13.6. The molecule has 5 rings (SSSR count). The van der Waals surface area contributed by atoms with Crippen molar-refractivity contribution in [1.29, 1.82) is 0 Å². The molecule has 2 atom stereocenters. The molecule has 0 aromatic carbocycles. The molecule has 3 heterocycles. The van der Waals surface area contributed by atoms with E-state index in [1.807, 2.05) is 6.07 Å². The number of pyridine rings is 1. The van der Waals surface area contributed by atoms with Crippen molar-refractivity contribution in [3.05, 3.63) is 46.5 Å². The average molecular weight is 455 g/mol. The number of rotatable bonds is 7. The molecule has 3 aromatic heterocycles. The number of nitrogens with one attached hydrogen (secondary N) is 3. The second kappa shape index (κ2) is 8.47. The second-order valence-electron chi connectivity index (χ2n) is 8.49. The van der Waals surface area contributed by atoms with Gasteiger partial charge in [-0.3, -0.25) is 9.59 Å². The Labute approximate surface area is 189 Å². The lowest BCUT2D eigenvalue weighted by atomic mass is 9.89. The van der Waals surface area contributed by atoms with Crippen molar-refractivity contribution in [2.24, 2.45) is 0 Å². The summed E-state index contributed by atoms with van der Waals surface area (Å²) in [5.41, 5.74) is 0.752. The SMILES string of the molecule is CNc1cc(Nc2cccn(C3CC(OC)C3)c2=O)nc2c(C(=O)NC3CC[C@@H]3F)cnn12. The highest BCUT2D eigenvalue weighted by Crippen LogP contribution is 2.33. The molecular formula is C22H26FN7O3. The van der Waals surface area contributed by atoms with Gasteiger partial charge in [0, 0.05) is 32.5 Å². The number of anilines is 3. The van der Waals surface area contributed by atoms with E-state index in [9.17, 15) is 14.0 Å². The predicted octanol–water partition coefficient (Wildman–Crippen LogP) is 2.26. The van der Waals surface area contributed by atoms with Crippen LogP contribution in [-0.2, 0) is 4.74 Å². The number of alkyl halides is 1. The van der Waals surface area contributed by atoms with Gasteiger partial charge in [0.25, 0.3) is 11.5 Å². The monoisotopic (exact) mass is 455 g/mol. The zero-order valence-corrected chi connectivity index (χ0v) is 18.4. The van der Waals surface area contributed by atoms with Crippen LogP contribution < -0.4 is 21.5 Å². The minimum absolute atomic E-state index is 0.100. The van der Waals surface area contributed by atoms with Gasteiger partial charge in [-0.15, -0.1) is 0 Å². The van der Waals surface area contributed by atoms with Gasteiger partial charge in [-0.25, -0.2) is 9.37 Å². The van der Waals surface area contributed by atoms with E-state index in [1.165, 1.54) is 10.7 Å². The van der Waals surface area contributed by atoms with Gasteiger partial charge in [0.2, 0.25) is 0 Å². The molecule has 2 aliphatic rings. The van der Waals surface area contributed by atoms with Gasteiger partial charge in [0.05, 0.1) is 18.3 Å². The molecule has 33 heavy (non-hydrogen) atoms. The highest BCUT2D eigenvalue weighted by molar-refractivity contribution is 6.00. The highest BCUT2D eigenvalue weighted by atomic mass is 19.1. The summed E-state index contributed by atoms with van der Waals surface area (Å²) in [6, 6.07) is 4.82. The first-order valence-corrected chi connectivity index (χ1v) is 11.0. The number of fused-ring (bicyclic) bond motifs is 1. The summed E-state index contributed by atoms with van der Waals surface area (Å²) < 4.78 is 22.1. The average Bonchev–Trinajstić information content (AvgIpc) is 3.21. The number of methoxy groups -OCH3 is 1. The van der Waals surface area contributed by atoms with Gasteiger partial charge in [-0.1, -0.05) is 0 Å². The van der Waals surface area contributed by atoms with Crippen LogP contribution in [0.25, 0.3) is 5.65 Å². The molecule has 10 nitrogen and oxygen atoms in total. The zero-order chi connectivity index (χ0) is 23.1. The van der Waals surface area contributed by atoms with E-state index in [0.717, 1.165) is 12.8 Å². The lowest BCUT2D eigenvalue weighted by Crippen LogP contribution is -2.48. The maximum Gasteiger partial charge on any atom is 0.274 e. The van der Waals surface area contributed by atoms with E-state index in [0.29, 0.717) is 35.8 Å². The minimum atomic E-state index is -1.02. The summed E-state index contributed by atoms with van der Waals surface area (Å²) in [4.78, 5) is 30.3. The van der Waals surface area contributed by atoms with Crippen LogP contribution in [-0.4, -0.2) is 57.5 Å². The zero-order valence-electron chi connectivity index (χ0n) is 18.4. The maximum atomic E-state index is 13.6. The molecule has 3 aromatic rings. The fourth-order valence-electron chi connectivity index (χ4n) is 4.22. The van der Waals surface area contributed by atoms with E-state index in [1.54, 1.807) is 37.1 Å². The molecule has 0 radical (unpaired) electrons. The molecule has 0 aliphatic heterocycles. The summed E-state index contributed by atoms with van der Waals surface area (Å²) in [6.07, 6.45) is 5.00. The predicted molar refractivity (Wildman–Crippen MR) is 121 cm³/mol. The molecule has 11 heteroatoms. The normalized spacial score (nSPS) is 24.1. The van der Waals surface area contributed by atoms with E-state index in [4.69, 9.17) is 4.74 Å². The lowest BCUT2D eigenvalue weighted by molar-refractivity contribution is 0.00522. The van der Waals surface area contributed by atoms with Gasteiger partial charge < -0.3 is 25.3 Å². The molecule has 3 N–H and O–H groups in total. The number of carbonyl (C=O) groups is 1. The fraction of sp³-hybridized carbons (Fsp3) is 0.455. The van der Waals surface area contributed by atoms with Crippen molar-refractivity contribution in [2.75, 3.05) is 24.8 Å². The summed E-state index contributed by atoms with van der Waals surface area (Å²) in [7, 11) is 3.40. The summed E-state index contributed by atoms with van der Waals surface area (Å²) >= 11 is 0. The van der Waals surface area contributed by atoms with Gasteiger partial charge in [0.15, 0.2) is 5.65 Å². The standard InChI is InChI=1S/C22H26FN7O3/c1-24-19-10-18(26-17-4-3-7-29(22(17)32)12-8-13(9-12)33-2)28-20-14(11-25-30(19)20)21(31)27-16-6-5-15(16)23/h3-4,7,10-13,15-16,24H,5-6,8-9H2,1-2H3,(H,26,28)(H,27,31)/t12?,13?,15-,16?/m0/s1. The Kier molecular flexibility index (Phi) is 5.49. The number of ether oxygens (including phenoxy) is 1. The van der Waals surface area contributed by atoms with Crippen LogP contribution in [0.4, 0.5) is 21.7 Å². The number of nitrogens with zero attached hydrogens (tertiary/aromatic N) is 4. The number of amides is 1. The number of halogens is 1. The summed E-state index contributed by atoms with van der Waals surface area (Å²) in [5.74, 6) is 0.530. The highest BCUT2D eigenvalue weighted by Gasteiger charge is 2.33. The fourth-order valence-corrected chi connectivity index (χ4v) is 4.22. The van der Waals surface area contributed by atoms with Crippen molar-refractivity contribution in [1.82, 2.24) is 24.5 Å². The molecule has 174 valence electrons. The van der Waals surface area contributed by atoms with Crippen molar-refractivity contribution in [3.8, 4) is 0 Å². The van der Waals surface area contributed by atoms with E-state index < -0.39 is 18.1 Å². The molecule has 1 unspecified atom stereocenters. The molecule has 2 aliphatic carbocycles. The number of hydrogen-bond acceptors (Lipinski definition) is 7.